The van der Waals surface area contributed by atoms with Crippen molar-refractivity contribution in [3.8, 4) is 0 Å². The molecule has 0 saturated carbocycles. The van der Waals surface area contributed by atoms with Crippen molar-refractivity contribution in [1.29, 1.82) is 0 Å². The average Bonchev–Trinajstić information content (AvgIpc) is 2.84. The zero-order valence-corrected chi connectivity index (χ0v) is 9.46. The fourth-order valence-corrected chi connectivity index (χ4v) is 2.09. The van der Waals surface area contributed by atoms with Gasteiger partial charge in [0, 0.05) is 6.20 Å². The van der Waals surface area contributed by atoms with Crippen molar-refractivity contribution >= 4 is 5.78 Å². The van der Waals surface area contributed by atoms with E-state index in [1.165, 1.54) is 12.8 Å². The molecule has 1 aliphatic rings. The van der Waals surface area contributed by atoms with Crippen LogP contribution in [-0.4, -0.2) is 36.9 Å². The lowest BCUT2D eigenvalue weighted by Crippen LogP contribution is -2.37. The van der Waals surface area contributed by atoms with Crippen molar-refractivity contribution in [2.75, 3.05) is 26.2 Å². The number of hydrogen-bond acceptors (Lipinski definition) is 3. The number of aromatic nitrogens is 1. The van der Waals surface area contributed by atoms with Crippen molar-refractivity contribution < 1.29 is 4.79 Å². The van der Waals surface area contributed by atoms with Crippen molar-refractivity contribution in [3.05, 3.63) is 24.0 Å². The third kappa shape index (κ3) is 3.18. The fraction of sp³-hybridized carbons (Fsp3) is 0.583. The van der Waals surface area contributed by atoms with Crippen LogP contribution in [0.25, 0.3) is 0 Å². The number of ketones is 1. The lowest BCUT2D eigenvalue weighted by atomic mass is 10.00. The molecule has 0 amide bonds. The van der Waals surface area contributed by atoms with E-state index in [0.717, 1.165) is 19.6 Å². The molecule has 4 heteroatoms. The molecule has 1 aromatic heterocycles. The minimum Gasteiger partial charge on any atom is -0.359 e. The molecule has 1 aromatic rings. The molecule has 4 nitrogen and oxygen atoms in total. The number of nitrogens with one attached hydrogen (secondary N) is 3. The van der Waals surface area contributed by atoms with Crippen molar-refractivity contribution in [2.45, 2.75) is 12.8 Å². The summed E-state index contributed by atoms with van der Waals surface area (Å²) in [5, 5.41) is 6.60. The Hall–Kier alpha value is -1.13. The van der Waals surface area contributed by atoms with Gasteiger partial charge in [0.15, 0.2) is 5.78 Å². The maximum absolute atomic E-state index is 11.6. The van der Waals surface area contributed by atoms with Crippen LogP contribution < -0.4 is 10.6 Å². The zero-order valence-electron chi connectivity index (χ0n) is 9.46. The fourth-order valence-electron chi connectivity index (χ4n) is 2.09. The Bertz CT molecular complexity index is 315. The molecule has 0 radical (unpaired) electrons. The Balaban J connectivity index is 1.66. The number of piperidine rings is 1. The monoisotopic (exact) mass is 221 g/mol. The van der Waals surface area contributed by atoms with Gasteiger partial charge in [-0.25, -0.2) is 0 Å². The van der Waals surface area contributed by atoms with E-state index in [-0.39, 0.29) is 5.78 Å². The Labute approximate surface area is 95.8 Å². The largest absolute Gasteiger partial charge is 0.359 e. The average molecular weight is 221 g/mol. The standard InChI is InChI=1S/C12H19N3O/c16-12(11-4-2-6-15-11)9-14-8-10-3-1-5-13-7-10/h2,4,6,10,13-15H,1,3,5,7-9H2. The van der Waals surface area contributed by atoms with Crippen molar-refractivity contribution in [3.63, 3.8) is 0 Å². The molecule has 3 N–H and O–H groups in total. The summed E-state index contributed by atoms with van der Waals surface area (Å²) in [5.74, 6) is 0.805. The van der Waals surface area contributed by atoms with Crippen LogP contribution in [0.2, 0.25) is 0 Å². The summed E-state index contributed by atoms with van der Waals surface area (Å²) in [6.07, 6.45) is 4.28. The van der Waals surface area contributed by atoms with Crippen molar-refractivity contribution in [2.24, 2.45) is 5.92 Å². The van der Waals surface area contributed by atoms with E-state index in [9.17, 15) is 4.79 Å². The Morgan fingerprint density at radius 3 is 3.19 bits per heavy atom. The topological polar surface area (TPSA) is 56.9 Å². The Morgan fingerprint density at radius 2 is 2.50 bits per heavy atom. The first kappa shape index (κ1) is 11.4. The third-order valence-corrected chi connectivity index (χ3v) is 3.02. The van der Waals surface area contributed by atoms with Gasteiger partial charge in [0.2, 0.25) is 0 Å². The summed E-state index contributed by atoms with van der Waals surface area (Å²) in [5.41, 5.74) is 0.689. The van der Waals surface area contributed by atoms with Gasteiger partial charge in [-0.3, -0.25) is 4.79 Å². The van der Waals surface area contributed by atoms with Crippen LogP contribution in [0.5, 0.6) is 0 Å². The van der Waals surface area contributed by atoms with Gasteiger partial charge in [-0.05, 0) is 50.5 Å². The summed E-state index contributed by atoms with van der Waals surface area (Å²) < 4.78 is 0. The van der Waals surface area contributed by atoms with E-state index in [0.29, 0.717) is 18.2 Å². The maximum atomic E-state index is 11.6. The van der Waals surface area contributed by atoms with Crippen LogP contribution in [0.3, 0.4) is 0 Å². The zero-order chi connectivity index (χ0) is 11.2. The van der Waals surface area contributed by atoms with Crippen LogP contribution in [-0.2, 0) is 0 Å². The maximum Gasteiger partial charge on any atom is 0.192 e. The quantitative estimate of drug-likeness (QED) is 0.644. The number of aromatic amines is 1. The number of Topliss-reactive ketones (excluding diaryl/α,β-unsaturated/α-hetero) is 1. The van der Waals surface area contributed by atoms with E-state index in [1.807, 2.05) is 12.1 Å². The number of carbonyl (C=O) groups is 1. The third-order valence-electron chi connectivity index (χ3n) is 3.02. The molecule has 1 aliphatic heterocycles. The molecule has 2 rings (SSSR count). The van der Waals surface area contributed by atoms with E-state index in [4.69, 9.17) is 0 Å². The van der Waals surface area contributed by atoms with Crippen LogP contribution in [0, 0.1) is 5.92 Å². The van der Waals surface area contributed by atoms with Gasteiger partial charge < -0.3 is 15.6 Å². The number of carbonyl (C=O) groups excluding carboxylic acids is 1. The summed E-state index contributed by atoms with van der Waals surface area (Å²) in [6, 6.07) is 3.66. The Kier molecular flexibility index (Phi) is 4.13. The molecule has 0 bridgehead atoms. The highest BCUT2D eigenvalue weighted by molar-refractivity contribution is 5.95. The molecule has 88 valence electrons. The normalized spacial score (nSPS) is 20.9. The number of H-pyrrole nitrogens is 1. The second-order valence-corrected chi connectivity index (χ2v) is 4.35. The first-order valence-electron chi connectivity index (χ1n) is 5.94. The molecule has 2 heterocycles. The van der Waals surface area contributed by atoms with Gasteiger partial charge in [-0.1, -0.05) is 0 Å². The van der Waals surface area contributed by atoms with Gasteiger partial charge >= 0.3 is 0 Å². The van der Waals surface area contributed by atoms with Crippen LogP contribution in [0.1, 0.15) is 23.3 Å². The van der Waals surface area contributed by atoms with Gasteiger partial charge in [0.1, 0.15) is 0 Å². The van der Waals surface area contributed by atoms with Crippen LogP contribution in [0.15, 0.2) is 18.3 Å². The predicted octanol–water partition coefficient (Wildman–Crippen LogP) is 0.787. The second-order valence-electron chi connectivity index (χ2n) is 4.35. The van der Waals surface area contributed by atoms with Crippen LogP contribution in [0.4, 0.5) is 0 Å². The predicted molar refractivity (Wildman–Crippen MR) is 63.6 cm³/mol. The smallest absolute Gasteiger partial charge is 0.192 e. The van der Waals surface area contributed by atoms with Gasteiger partial charge in [-0.15, -0.1) is 0 Å². The molecule has 0 aliphatic carbocycles. The van der Waals surface area contributed by atoms with Gasteiger partial charge in [-0.2, -0.15) is 0 Å². The first-order chi connectivity index (χ1) is 7.86. The van der Waals surface area contributed by atoms with Gasteiger partial charge in [0.25, 0.3) is 0 Å². The Morgan fingerprint density at radius 1 is 1.56 bits per heavy atom. The number of hydrogen-bond donors (Lipinski definition) is 3. The summed E-state index contributed by atoms with van der Waals surface area (Å²) in [7, 11) is 0. The van der Waals surface area contributed by atoms with E-state index in [1.54, 1.807) is 6.20 Å². The highest BCUT2D eigenvalue weighted by Crippen LogP contribution is 2.08. The summed E-state index contributed by atoms with van der Waals surface area (Å²) in [6.45, 7) is 3.57. The summed E-state index contributed by atoms with van der Waals surface area (Å²) >= 11 is 0. The molecular weight excluding hydrogens is 202 g/mol. The molecule has 1 saturated heterocycles. The molecule has 1 unspecified atom stereocenters. The first-order valence-corrected chi connectivity index (χ1v) is 5.94. The van der Waals surface area contributed by atoms with Crippen molar-refractivity contribution in [1.82, 2.24) is 15.6 Å². The molecule has 16 heavy (non-hydrogen) atoms. The second kappa shape index (κ2) is 5.82. The molecule has 1 fully saturated rings. The van der Waals surface area contributed by atoms with E-state index in [2.05, 4.69) is 15.6 Å². The lowest BCUT2D eigenvalue weighted by molar-refractivity contribution is 0.0985. The SMILES string of the molecule is O=C(CNCC1CCCNC1)c1ccc[nH]1. The minimum atomic E-state index is 0.133. The minimum absolute atomic E-state index is 0.133. The molecule has 0 aromatic carbocycles. The van der Waals surface area contributed by atoms with Gasteiger partial charge in [0.05, 0.1) is 12.2 Å². The molecule has 1 atom stereocenters. The van der Waals surface area contributed by atoms with E-state index < -0.39 is 0 Å². The molecule has 0 spiro atoms. The summed E-state index contributed by atoms with van der Waals surface area (Å²) in [4.78, 5) is 14.6. The number of rotatable bonds is 5. The molecular formula is C12H19N3O. The highest BCUT2D eigenvalue weighted by atomic mass is 16.1. The highest BCUT2D eigenvalue weighted by Gasteiger charge is 2.13. The van der Waals surface area contributed by atoms with Crippen LogP contribution >= 0.6 is 0 Å². The van der Waals surface area contributed by atoms with E-state index >= 15 is 0 Å². The lowest BCUT2D eigenvalue weighted by Gasteiger charge is -2.22.